The van der Waals surface area contributed by atoms with Gasteiger partial charge in [0.25, 0.3) is 10.1 Å². The molecular weight excluding hydrogens is 695 g/mol. The molecule has 0 saturated heterocycles. The first-order valence-corrected chi connectivity index (χ1v) is 24.4. The van der Waals surface area contributed by atoms with Crippen LogP contribution in [0.3, 0.4) is 0 Å². The maximum Gasteiger partial charge on any atom is 0.267 e. The third-order valence-corrected chi connectivity index (χ3v) is 11.2. The molecule has 0 aromatic rings. The highest BCUT2D eigenvalue weighted by atomic mass is 32.2. The molecule has 0 aromatic carbocycles. The summed E-state index contributed by atoms with van der Waals surface area (Å²) >= 11 is 0. The number of aliphatic hydroxyl groups is 2. The first-order valence-electron chi connectivity index (χ1n) is 22.8. The van der Waals surface area contributed by atoms with Crippen molar-refractivity contribution in [1.82, 2.24) is 5.32 Å². The molecule has 0 fully saturated rings. The number of carbonyl (C=O) groups excluding carboxylic acids is 1. The van der Waals surface area contributed by atoms with Crippen LogP contribution in [0.5, 0.6) is 0 Å². The van der Waals surface area contributed by atoms with Crippen LogP contribution >= 0.6 is 0 Å². The molecule has 0 saturated carbocycles. The molecule has 54 heavy (non-hydrogen) atoms. The Morgan fingerprint density at radius 2 is 0.833 bits per heavy atom. The van der Waals surface area contributed by atoms with E-state index < -0.39 is 40.0 Å². The van der Waals surface area contributed by atoms with Crippen LogP contribution in [0.2, 0.25) is 0 Å². The first-order chi connectivity index (χ1) is 26.2. The third-order valence-electron chi connectivity index (χ3n) is 10.4. The average molecular weight is 782 g/mol. The van der Waals surface area contributed by atoms with Gasteiger partial charge in [-0.05, 0) is 57.8 Å². The molecule has 8 heteroatoms. The van der Waals surface area contributed by atoms with Crippen molar-refractivity contribution in [3.8, 4) is 0 Å². The van der Waals surface area contributed by atoms with Crippen molar-refractivity contribution in [3.05, 3.63) is 36.5 Å². The van der Waals surface area contributed by atoms with Gasteiger partial charge in [-0.25, -0.2) is 0 Å². The van der Waals surface area contributed by atoms with Crippen LogP contribution in [0.4, 0.5) is 0 Å². The summed E-state index contributed by atoms with van der Waals surface area (Å²) in [5, 5.41) is 23.4. The number of allylic oxidation sites excluding steroid dienone is 5. The molecule has 1 amide bonds. The molecule has 0 spiro atoms. The van der Waals surface area contributed by atoms with E-state index in [1.165, 1.54) is 154 Å². The number of carbonyl (C=O) groups is 1. The van der Waals surface area contributed by atoms with Gasteiger partial charge < -0.3 is 15.5 Å². The highest BCUT2D eigenvalue weighted by molar-refractivity contribution is 7.85. The highest BCUT2D eigenvalue weighted by Gasteiger charge is 2.27. The Labute approximate surface area is 334 Å². The zero-order valence-electron chi connectivity index (χ0n) is 35.2. The smallest absolute Gasteiger partial charge is 0.267 e. The van der Waals surface area contributed by atoms with Gasteiger partial charge in [0.2, 0.25) is 5.91 Å². The SMILES string of the molecule is CCCCCCCCCCC/C=C\CCCCCCC(O)C(=O)NC(CS(=O)(=O)O)C(O)/C=C/CC/C=C/CCCCCCCCCCCCCCCC. The summed E-state index contributed by atoms with van der Waals surface area (Å²) in [6.45, 7) is 4.53. The Kier molecular flexibility index (Phi) is 38.7. The van der Waals surface area contributed by atoms with E-state index in [2.05, 4.69) is 43.5 Å². The predicted molar refractivity (Wildman–Crippen MR) is 231 cm³/mol. The van der Waals surface area contributed by atoms with Crippen molar-refractivity contribution in [2.75, 3.05) is 5.75 Å². The summed E-state index contributed by atoms with van der Waals surface area (Å²) in [6, 6.07) is -1.25. The van der Waals surface area contributed by atoms with Crippen LogP contribution < -0.4 is 5.32 Å². The Balaban J connectivity index is 4.03. The van der Waals surface area contributed by atoms with Crippen LogP contribution in [-0.2, 0) is 14.9 Å². The normalized spacial score (nSPS) is 14.1. The molecule has 0 radical (unpaired) electrons. The van der Waals surface area contributed by atoms with Gasteiger partial charge in [0, 0.05) is 0 Å². The molecule has 0 heterocycles. The van der Waals surface area contributed by atoms with Crippen LogP contribution in [0, 0.1) is 0 Å². The largest absolute Gasteiger partial charge is 0.387 e. The molecule has 0 rings (SSSR count). The lowest BCUT2D eigenvalue weighted by molar-refractivity contribution is -0.130. The fourth-order valence-corrected chi connectivity index (χ4v) is 7.61. The molecular formula is C46H87NO6S. The lowest BCUT2D eigenvalue weighted by Gasteiger charge is -2.22. The van der Waals surface area contributed by atoms with Crippen LogP contribution in [0.25, 0.3) is 0 Å². The van der Waals surface area contributed by atoms with Gasteiger partial charge in [-0.2, -0.15) is 8.42 Å². The quantitative estimate of drug-likeness (QED) is 0.0278. The van der Waals surface area contributed by atoms with E-state index in [9.17, 15) is 28.0 Å². The number of unbranched alkanes of at least 4 members (excludes halogenated alkanes) is 28. The van der Waals surface area contributed by atoms with E-state index in [4.69, 9.17) is 0 Å². The summed E-state index contributed by atoms with van der Waals surface area (Å²) in [6.07, 6.45) is 49.2. The summed E-state index contributed by atoms with van der Waals surface area (Å²) < 4.78 is 32.6. The summed E-state index contributed by atoms with van der Waals surface area (Å²) in [4.78, 5) is 12.6. The topological polar surface area (TPSA) is 124 Å². The third kappa shape index (κ3) is 38.8. The predicted octanol–water partition coefficient (Wildman–Crippen LogP) is 12.7. The molecule has 7 nitrogen and oxygen atoms in total. The van der Waals surface area contributed by atoms with E-state index in [0.29, 0.717) is 12.8 Å². The molecule has 0 bridgehead atoms. The number of hydrogen-bond donors (Lipinski definition) is 4. The second kappa shape index (κ2) is 39.7. The molecule has 3 unspecified atom stereocenters. The number of hydrogen-bond acceptors (Lipinski definition) is 5. The number of aliphatic hydroxyl groups excluding tert-OH is 2. The van der Waals surface area contributed by atoms with E-state index in [1.807, 2.05) is 0 Å². The van der Waals surface area contributed by atoms with E-state index in [0.717, 1.165) is 44.9 Å². The first kappa shape index (κ1) is 52.5. The maximum absolute atomic E-state index is 12.6. The van der Waals surface area contributed by atoms with Crippen molar-refractivity contribution in [2.45, 2.75) is 244 Å². The fraction of sp³-hybridized carbons (Fsp3) is 0.848. The minimum Gasteiger partial charge on any atom is -0.387 e. The molecule has 0 aliphatic heterocycles. The molecule has 0 aliphatic rings. The Morgan fingerprint density at radius 1 is 0.500 bits per heavy atom. The highest BCUT2D eigenvalue weighted by Crippen LogP contribution is 2.15. The lowest BCUT2D eigenvalue weighted by atomic mass is 10.0. The van der Waals surface area contributed by atoms with E-state index >= 15 is 0 Å². The van der Waals surface area contributed by atoms with Gasteiger partial charge in [-0.3, -0.25) is 9.35 Å². The zero-order chi connectivity index (χ0) is 39.8. The number of rotatable bonds is 41. The monoisotopic (exact) mass is 782 g/mol. The van der Waals surface area contributed by atoms with Gasteiger partial charge in [0.15, 0.2) is 0 Å². The van der Waals surface area contributed by atoms with Crippen molar-refractivity contribution < 1.29 is 28.0 Å². The molecule has 3 atom stereocenters. The molecule has 0 aliphatic carbocycles. The standard InChI is InChI=1S/C46H87NO6S/c1-3-5-7-9-11-13-15-17-19-21-22-23-25-26-28-30-32-34-36-38-40-44(48)43(42-54(51,52)53)47-46(50)45(49)41-39-37-35-33-31-29-27-24-20-18-16-14-12-10-8-6-4-2/h27,29-30,32,38,40,43-45,48-49H,3-26,28,31,33-37,39,41-42H2,1-2H3,(H,47,50)(H,51,52,53)/b29-27-,32-30+,40-38+. The summed E-state index contributed by atoms with van der Waals surface area (Å²) in [5.41, 5.74) is 0. The summed E-state index contributed by atoms with van der Waals surface area (Å²) in [5.74, 6) is -1.56. The lowest BCUT2D eigenvalue weighted by Crippen LogP contribution is -2.50. The number of nitrogens with one attached hydrogen (secondary N) is 1. The molecule has 318 valence electrons. The Bertz CT molecular complexity index is 1010. The summed E-state index contributed by atoms with van der Waals surface area (Å²) in [7, 11) is -4.46. The van der Waals surface area contributed by atoms with Crippen LogP contribution in [0.1, 0.15) is 226 Å². The van der Waals surface area contributed by atoms with E-state index in [-0.39, 0.29) is 6.42 Å². The second-order valence-corrected chi connectivity index (χ2v) is 17.3. The average Bonchev–Trinajstić information content (AvgIpc) is 3.14. The minimum absolute atomic E-state index is 0.260. The number of amides is 1. The van der Waals surface area contributed by atoms with Gasteiger partial charge in [-0.1, -0.05) is 204 Å². The van der Waals surface area contributed by atoms with Crippen molar-refractivity contribution in [2.24, 2.45) is 0 Å². The van der Waals surface area contributed by atoms with Gasteiger partial charge >= 0.3 is 0 Å². The van der Waals surface area contributed by atoms with E-state index in [1.54, 1.807) is 6.08 Å². The minimum atomic E-state index is -4.46. The molecule has 4 N–H and O–H groups in total. The second-order valence-electron chi connectivity index (χ2n) is 15.8. The van der Waals surface area contributed by atoms with Crippen molar-refractivity contribution >= 4 is 16.0 Å². The van der Waals surface area contributed by atoms with Gasteiger partial charge in [-0.15, -0.1) is 0 Å². The van der Waals surface area contributed by atoms with Crippen LogP contribution in [0.15, 0.2) is 36.5 Å². The maximum atomic E-state index is 12.6. The van der Waals surface area contributed by atoms with Gasteiger partial charge in [0.1, 0.15) is 6.10 Å². The Hall–Kier alpha value is -1.48. The fourth-order valence-electron chi connectivity index (χ4n) is 6.88. The Morgan fingerprint density at radius 3 is 1.22 bits per heavy atom. The van der Waals surface area contributed by atoms with Gasteiger partial charge in [0.05, 0.1) is 17.9 Å². The van der Waals surface area contributed by atoms with Crippen LogP contribution in [-0.4, -0.2) is 53.1 Å². The zero-order valence-corrected chi connectivity index (χ0v) is 36.0. The molecule has 0 aromatic heterocycles. The van der Waals surface area contributed by atoms with Crippen molar-refractivity contribution in [3.63, 3.8) is 0 Å². The van der Waals surface area contributed by atoms with Crippen molar-refractivity contribution in [1.29, 1.82) is 0 Å².